The van der Waals surface area contributed by atoms with Crippen molar-refractivity contribution in [1.82, 2.24) is 5.32 Å². The van der Waals surface area contributed by atoms with Crippen LogP contribution < -0.4 is 10.6 Å². The van der Waals surface area contributed by atoms with E-state index in [2.05, 4.69) is 10.6 Å². The van der Waals surface area contributed by atoms with E-state index < -0.39 is 0 Å². The molecule has 0 spiro atoms. The third-order valence-corrected chi connectivity index (χ3v) is 2.94. The molecule has 0 bridgehead atoms. The summed E-state index contributed by atoms with van der Waals surface area (Å²) in [5.41, 5.74) is 1.47. The summed E-state index contributed by atoms with van der Waals surface area (Å²) in [7, 11) is 0. The second kappa shape index (κ2) is 6.79. The third-order valence-electron chi connectivity index (χ3n) is 2.94. The smallest absolute Gasteiger partial charge is 0.123 e. The maximum absolute atomic E-state index is 13.0. The zero-order valence-electron chi connectivity index (χ0n) is 9.58. The molecule has 1 heterocycles. The van der Waals surface area contributed by atoms with E-state index >= 15 is 0 Å². The Morgan fingerprint density at radius 3 is 2.71 bits per heavy atom. The maximum atomic E-state index is 13.0. The van der Waals surface area contributed by atoms with Crippen LogP contribution in [0.15, 0.2) is 18.2 Å². The first-order valence-corrected chi connectivity index (χ1v) is 5.66. The highest BCUT2D eigenvalue weighted by molar-refractivity contribution is 5.85. The first-order chi connectivity index (χ1) is 7.79. The predicted molar refractivity (Wildman–Crippen MR) is 69.1 cm³/mol. The Balaban J connectivity index is 0.00000144. The summed E-state index contributed by atoms with van der Waals surface area (Å²) >= 11 is 0. The van der Waals surface area contributed by atoms with Gasteiger partial charge in [-0.05, 0) is 44.1 Å². The van der Waals surface area contributed by atoms with Gasteiger partial charge in [0, 0.05) is 17.3 Å². The Morgan fingerprint density at radius 1 is 1.35 bits per heavy atom. The second-order valence-electron chi connectivity index (χ2n) is 4.13. The van der Waals surface area contributed by atoms with Crippen LogP contribution in [0.5, 0.6) is 0 Å². The van der Waals surface area contributed by atoms with Gasteiger partial charge in [0.2, 0.25) is 0 Å². The van der Waals surface area contributed by atoms with E-state index in [1.54, 1.807) is 6.07 Å². The normalized spacial score (nSPS) is 16.4. The molecule has 1 aromatic rings. The van der Waals surface area contributed by atoms with Gasteiger partial charge < -0.3 is 15.7 Å². The standard InChI is InChI=1S/C12H17FN2O.ClH/c13-10-1-2-12(9(7-10)8-16)15-11-3-5-14-6-4-11;/h1-2,7,11,14-16H,3-6,8H2;1H. The van der Waals surface area contributed by atoms with E-state index in [0.717, 1.165) is 31.6 Å². The van der Waals surface area contributed by atoms with E-state index in [-0.39, 0.29) is 24.8 Å². The molecule has 0 aliphatic carbocycles. The number of anilines is 1. The Morgan fingerprint density at radius 2 is 2.06 bits per heavy atom. The number of piperidine rings is 1. The molecule has 0 unspecified atom stereocenters. The maximum Gasteiger partial charge on any atom is 0.123 e. The molecule has 1 saturated heterocycles. The van der Waals surface area contributed by atoms with E-state index in [9.17, 15) is 4.39 Å². The fourth-order valence-electron chi connectivity index (χ4n) is 2.02. The van der Waals surface area contributed by atoms with Gasteiger partial charge in [-0.15, -0.1) is 12.4 Å². The Bertz CT molecular complexity index is 356. The molecule has 0 atom stereocenters. The van der Waals surface area contributed by atoms with Crippen LogP contribution in [0.1, 0.15) is 18.4 Å². The minimum Gasteiger partial charge on any atom is -0.392 e. The van der Waals surface area contributed by atoms with Crippen LogP contribution in [0.3, 0.4) is 0 Å². The van der Waals surface area contributed by atoms with Gasteiger partial charge in [-0.25, -0.2) is 4.39 Å². The number of hydrogen-bond donors (Lipinski definition) is 3. The van der Waals surface area contributed by atoms with Crippen LogP contribution in [-0.4, -0.2) is 24.2 Å². The van der Waals surface area contributed by atoms with Gasteiger partial charge >= 0.3 is 0 Å². The Kier molecular flexibility index (Phi) is 5.68. The zero-order valence-corrected chi connectivity index (χ0v) is 10.4. The van der Waals surface area contributed by atoms with Crippen molar-refractivity contribution in [2.24, 2.45) is 0 Å². The van der Waals surface area contributed by atoms with Crippen molar-refractivity contribution in [3.63, 3.8) is 0 Å². The SMILES string of the molecule is Cl.OCc1cc(F)ccc1NC1CCNCC1. The molecule has 0 radical (unpaired) electrons. The number of hydrogen-bond acceptors (Lipinski definition) is 3. The number of aliphatic hydroxyl groups is 1. The summed E-state index contributed by atoms with van der Waals surface area (Å²) in [5.74, 6) is -0.306. The molecule has 1 aromatic carbocycles. The second-order valence-corrected chi connectivity index (χ2v) is 4.13. The van der Waals surface area contributed by atoms with Gasteiger partial charge in [0.1, 0.15) is 5.82 Å². The minimum absolute atomic E-state index is 0. The largest absolute Gasteiger partial charge is 0.392 e. The molecule has 1 fully saturated rings. The van der Waals surface area contributed by atoms with Crippen molar-refractivity contribution in [2.75, 3.05) is 18.4 Å². The highest BCUT2D eigenvalue weighted by atomic mass is 35.5. The summed E-state index contributed by atoms with van der Waals surface area (Å²) in [6.45, 7) is 1.88. The van der Waals surface area contributed by atoms with Crippen molar-refractivity contribution >= 4 is 18.1 Å². The van der Waals surface area contributed by atoms with Crippen molar-refractivity contribution in [2.45, 2.75) is 25.5 Å². The van der Waals surface area contributed by atoms with Gasteiger partial charge in [-0.1, -0.05) is 0 Å². The average Bonchev–Trinajstić information content (AvgIpc) is 2.33. The zero-order chi connectivity index (χ0) is 11.4. The number of halogens is 2. The van der Waals surface area contributed by atoms with Gasteiger partial charge in [-0.2, -0.15) is 0 Å². The van der Waals surface area contributed by atoms with Crippen LogP contribution >= 0.6 is 12.4 Å². The van der Waals surface area contributed by atoms with Crippen LogP contribution in [0.25, 0.3) is 0 Å². The Hall–Kier alpha value is -0.840. The molecular weight excluding hydrogens is 243 g/mol. The molecule has 2 rings (SSSR count). The molecule has 17 heavy (non-hydrogen) atoms. The van der Waals surface area contributed by atoms with Crippen LogP contribution in [-0.2, 0) is 6.61 Å². The quantitative estimate of drug-likeness (QED) is 0.778. The molecule has 3 N–H and O–H groups in total. The van der Waals surface area contributed by atoms with E-state index in [4.69, 9.17) is 5.11 Å². The first-order valence-electron chi connectivity index (χ1n) is 5.66. The topological polar surface area (TPSA) is 44.3 Å². The van der Waals surface area contributed by atoms with Crippen LogP contribution in [0, 0.1) is 5.82 Å². The van der Waals surface area contributed by atoms with Gasteiger partial charge in [0.25, 0.3) is 0 Å². The highest BCUT2D eigenvalue weighted by Gasteiger charge is 2.14. The molecule has 0 amide bonds. The molecule has 1 aliphatic heterocycles. The average molecular weight is 261 g/mol. The van der Waals surface area contributed by atoms with Gasteiger partial charge in [-0.3, -0.25) is 0 Å². The lowest BCUT2D eigenvalue weighted by molar-refractivity contribution is 0.281. The van der Waals surface area contributed by atoms with Crippen LogP contribution in [0.2, 0.25) is 0 Å². The van der Waals surface area contributed by atoms with Gasteiger partial charge in [0.15, 0.2) is 0 Å². The van der Waals surface area contributed by atoms with Crippen molar-refractivity contribution in [1.29, 1.82) is 0 Å². The highest BCUT2D eigenvalue weighted by Crippen LogP contribution is 2.20. The fourth-order valence-corrected chi connectivity index (χ4v) is 2.02. The molecule has 5 heteroatoms. The molecular formula is C12H18ClFN2O. The summed E-state index contributed by atoms with van der Waals surface area (Å²) in [6.07, 6.45) is 2.12. The van der Waals surface area contributed by atoms with Crippen molar-refractivity contribution in [3.8, 4) is 0 Å². The third kappa shape index (κ3) is 3.84. The van der Waals surface area contributed by atoms with Crippen molar-refractivity contribution in [3.05, 3.63) is 29.6 Å². The fraction of sp³-hybridized carbons (Fsp3) is 0.500. The van der Waals surface area contributed by atoms with Crippen LogP contribution in [0.4, 0.5) is 10.1 Å². The molecule has 3 nitrogen and oxygen atoms in total. The lowest BCUT2D eigenvalue weighted by Gasteiger charge is -2.25. The molecule has 96 valence electrons. The monoisotopic (exact) mass is 260 g/mol. The number of aliphatic hydroxyl groups excluding tert-OH is 1. The predicted octanol–water partition coefficient (Wildman–Crippen LogP) is 1.90. The summed E-state index contributed by atoms with van der Waals surface area (Å²) in [5, 5.41) is 15.8. The first kappa shape index (κ1) is 14.2. The number of rotatable bonds is 3. The lowest BCUT2D eigenvalue weighted by atomic mass is 10.1. The minimum atomic E-state index is -0.306. The Labute approximate surface area is 107 Å². The van der Waals surface area contributed by atoms with E-state index in [1.807, 2.05) is 0 Å². The number of nitrogens with one attached hydrogen (secondary N) is 2. The molecule has 0 saturated carbocycles. The molecule has 1 aliphatic rings. The molecule has 0 aromatic heterocycles. The number of benzene rings is 1. The van der Waals surface area contributed by atoms with E-state index in [0.29, 0.717) is 11.6 Å². The summed E-state index contributed by atoms with van der Waals surface area (Å²) in [6, 6.07) is 4.91. The summed E-state index contributed by atoms with van der Waals surface area (Å²) < 4.78 is 13.0. The van der Waals surface area contributed by atoms with Gasteiger partial charge in [0.05, 0.1) is 6.61 Å². The summed E-state index contributed by atoms with van der Waals surface area (Å²) in [4.78, 5) is 0. The van der Waals surface area contributed by atoms with Crippen molar-refractivity contribution < 1.29 is 9.50 Å². The lowest BCUT2D eigenvalue weighted by Crippen LogP contribution is -2.35. The van der Waals surface area contributed by atoms with E-state index in [1.165, 1.54) is 12.1 Å².